The molecule has 0 saturated heterocycles. The predicted molar refractivity (Wildman–Crippen MR) is 70.7 cm³/mol. The largest absolute Gasteiger partial charge is 0.322 e. The molecule has 0 bridgehead atoms. The fourth-order valence-corrected chi connectivity index (χ4v) is 1.96. The molecule has 0 aliphatic heterocycles. The lowest BCUT2D eigenvalue weighted by molar-refractivity contribution is 0.619. The molecule has 2 aromatic rings. The highest BCUT2D eigenvalue weighted by molar-refractivity contribution is 5.29. The number of nitrogens with two attached hydrogens (primary N) is 1. The third-order valence-electron chi connectivity index (χ3n) is 3.07. The van der Waals surface area contributed by atoms with Gasteiger partial charge in [0, 0.05) is 6.20 Å². The summed E-state index contributed by atoms with van der Waals surface area (Å²) in [4.78, 5) is 4.27. The zero-order valence-corrected chi connectivity index (χ0v) is 10.7. The average molecular weight is 244 g/mol. The predicted octanol–water partition coefficient (Wildman–Crippen LogP) is 3.08. The molecule has 2 rings (SSSR count). The summed E-state index contributed by atoms with van der Waals surface area (Å²) in [6.45, 7) is 3.97. The molecule has 0 saturated carbocycles. The summed E-state index contributed by atoms with van der Waals surface area (Å²) in [5.74, 6) is -0.222. The van der Waals surface area contributed by atoms with E-state index in [2.05, 4.69) is 4.98 Å². The first-order valence-corrected chi connectivity index (χ1v) is 5.99. The summed E-state index contributed by atoms with van der Waals surface area (Å²) < 4.78 is 13.2. The van der Waals surface area contributed by atoms with Crippen LogP contribution in [0.2, 0.25) is 0 Å². The van der Waals surface area contributed by atoms with Crippen molar-refractivity contribution in [2.45, 2.75) is 26.3 Å². The molecule has 1 heterocycles. The number of hydrogen-bond donors (Lipinski definition) is 1. The Balaban J connectivity index is 2.21. The molecule has 3 heteroatoms. The summed E-state index contributed by atoms with van der Waals surface area (Å²) in [7, 11) is 0. The fraction of sp³-hybridized carbons (Fsp3) is 0.267. The average Bonchev–Trinajstić information content (AvgIpc) is 2.34. The number of rotatable bonds is 3. The van der Waals surface area contributed by atoms with Crippen LogP contribution in [0.4, 0.5) is 4.39 Å². The smallest absolute Gasteiger partial charge is 0.123 e. The van der Waals surface area contributed by atoms with Gasteiger partial charge in [0.2, 0.25) is 0 Å². The van der Waals surface area contributed by atoms with Crippen LogP contribution < -0.4 is 5.73 Å². The number of aryl methyl sites for hydroxylation is 2. The Morgan fingerprint density at radius 1 is 1.22 bits per heavy atom. The topological polar surface area (TPSA) is 38.9 Å². The molecule has 1 unspecified atom stereocenters. The van der Waals surface area contributed by atoms with Crippen molar-refractivity contribution in [3.8, 4) is 0 Å². The normalized spacial score (nSPS) is 12.4. The molecular weight excluding hydrogens is 227 g/mol. The van der Waals surface area contributed by atoms with Gasteiger partial charge < -0.3 is 5.73 Å². The molecule has 0 spiro atoms. The van der Waals surface area contributed by atoms with Gasteiger partial charge in [-0.25, -0.2) is 4.39 Å². The van der Waals surface area contributed by atoms with Crippen LogP contribution in [0.25, 0.3) is 0 Å². The monoisotopic (exact) mass is 244 g/mol. The van der Waals surface area contributed by atoms with E-state index in [1.807, 2.05) is 26.0 Å². The van der Waals surface area contributed by atoms with Gasteiger partial charge in [-0.15, -0.1) is 0 Å². The standard InChI is InChI=1S/C15H17FN2/c1-10-5-6-18-15(7-10)14(17)9-12-8-13(16)4-3-11(12)2/h3-8,14H,9,17H2,1-2H3. The second-order valence-electron chi connectivity index (χ2n) is 4.64. The molecule has 0 amide bonds. The molecule has 18 heavy (non-hydrogen) atoms. The van der Waals surface area contributed by atoms with Crippen molar-refractivity contribution in [3.05, 3.63) is 64.7 Å². The van der Waals surface area contributed by atoms with Gasteiger partial charge >= 0.3 is 0 Å². The Labute approximate surface area is 107 Å². The molecule has 0 aliphatic carbocycles. The van der Waals surface area contributed by atoms with Crippen LogP contribution in [0.15, 0.2) is 36.5 Å². The summed E-state index contributed by atoms with van der Waals surface area (Å²) >= 11 is 0. The molecule has 1 aromatic carbocycles. The van der Waals surface area contributed by atoms with Crippen molar-refractivity contribution in [3.63, 3.8) is 0 Å². The Morgan fingerprint density at radius 3 is 2.72 bits per heavy atom. The van der Waals surface area contributed by atoms with Crippen molar-refractivity contribution in [1.82, 2.24) is 4.98 Å². The lowest BCUT2D eigenvalue weighted by atomic mass is 9.99. The van der Waals surface area contributed by atoms with Crippen LogP contribution in [-0.4, -0.2) is 4.98 Å². The van der Waals surface area contributed by atoms with E-state index in [-0.39, 0.29) is 11.9 Å². The lowest BCUT2D eigenvalue weighted by Gasteiger charge is -2.13. The van der Waals surface area contributed by atoms with Crippen LogP contribution in [0.1, 0.15) is 28.4 Å². The second kappa shape index (κ2) is 5.27. The zero-order valence-electron chi connectivity index (χ0n) is 10.7. The summed E-state index contributed by atoms with van der Waals surface area (Å²) in [6, 6.07) is 8.50. The summed E-state index contributed by atoms with van der Waals surface area (Å²) in [5, 5.41) is 0. The Bertz CT molecular complexity index is 552. The first kappa shape index (κ1) is 12.7. The molecule has 94 valence electrons. The maximum absolute atomic E-state index is 13.2. The second-order valence-corrected chi connectivity index (χ2v) is 4.64. The van der Waals surface area contributed by atoms with Gasteiger partial charge in [-0.2, -0.15) is 0 Å². The van der Waals surface area contributed by atoms with E-state index in [9.17, 15) is 4.39 Å². The highest BCUT2D eigenvalue weighted by Crippen LogP contribution is 2.18. The highest BCUT2D eigenvalue weighted by Gasteiger charge is 2.11. The molecule has 2 nitrogen and oxygen atoms in total. The number of benzene rings is 1. The first-order valence-electron chi connectivity index (χ1n) is 5.99. The first-order chi connectivity index (χ1) is 8.56. The van der Waals surface area contributed by atoms with Gasteiger partial charge in [0.05, 0.1) is 11.7 Å². The van der Waals surface area contributed by atoms with Crippen molar-refractivity contribution < 1.29 is 4.39 Å². The van der Waals surface area contributed by atoms with Crippen molar-refractivity contribution in [2.75, 3.05) is 0 Å². The molecule has 0 fully saturated rings. The summed E-state index contributed by atoms with van der Waals surface area (Å²) in [5.41, 5.74) is 10.1. The summed E-state index contributed by atoms with van der Waals surface area (Å²) in [6.07, 6.45) is 2.35. The molecule has 1 aromatic heterocycles. The van der Waals surface area contributed by atoms with Crippen LogP contribution >= 0.6 is 0 Å². The quantitative estimate of drug-likeness (QED) is 0.901. The van der Waals surface area contributed by atoms with E-state index in [1.54, 1.807) is 18.3 Å². The minimum atomic E-state index is -0.222. The van der Waals surface area contributed by atoms with Crippen molar-refractivity contribution >= 4 is 0 Å². The number of aromatic nitrogens is 1. The fourth-order valence-electron chi connectivity index (χ4n) is 1.96. The molecule has 0 aliphatic rings. The lowest BCUT2D eigenvalue weighted by Crippen LogP contribution is -2.15. The van der Waals surface area contributed by atoms with Gasteiger partial charge in [0.1, 0.15) is 5.82 Å². The number of nitrogens with zero attached hydrogens (tertiary/aromatic N) is 1. The van der Waals surface area contributed by atoms with Crippen molar-refractivity contribution in [2.24, 2.45) is 5.73 Å². The van der Waals surface area contributed by atoms with E-state index < -0.39 is 0 Å². The Morgan fingerprint density at radius 2 is 2.00 bits per heavy atom. The third-order valence-corrected chi connectivity index (χ3v) is 3.07. The van der Waals surface area contributed by atoms with E-state index in [0.717, 1.165) is 22.4 Å². The van der Waals surface area contributed by atoms with Gasteiger partial charge in [-0.3, -0.25) is 4.98 Å². The van der Waals surface area contributed by atoms with Gasteiger partial charge in [-0.1, -0.05) is 6.07 Å². The molecule has 1 atom stereocenters. The van der Waals surface area contributed by atoms with Crippen LogP contribution in [-0.2, 0) is 6.42 Å². The van der Waals surface area contributed by atoms with E-state index in [4.69, 9.17) is 5.73 Å². The number of hydrogen-bond acceptors (Lipinski definition) is 2. The van der Waals surface area contributed by atoms with Gasteiger partial charge in [-0.05, 0) is 61.2 Å². The van der Waals surface area contributed by atoms with Crippen LogP contribution in [0.3, 0.4) is 0 Å². The maximum atomic E-state index is 13.2. The molecule has 0 radical (unpaired) electrons. The van der Waals surface area contributed by atoms with Gasteiger partial charge in [0.25, 0.3) is 0 Å². The minimum Gasteiger partial charge on any atom is -0.322 e. The van der Waals surface area contributed by atoms with Gasteiger partial charge in [0.15, 0.2) is 0 Å². The van der Waals surface area contributed by atoms with E-state index in [1.165, 1.54) is 6.07 Å². The van der Waals surface area contributed by atoms with Crippen LogP contribution in [0.5, 0.6) is 0 Å². The Kier molecular flexibility index (Phi) is 3.72. The zero-order chi connectivity index (χ0) is 13.1. The highest BCUT2D eigenvalue weighted by atomic mass is 19.1. The minimum absolute atomic E-state index is 0.203. The SMILES string of the molecule is Cc1ccnc(C(N)Cc2cc(F)ccc2C)c1. The van der Waals surface area contributed by atoms with Crippen LogP contribution in [0, 0.1) is 19.7 Å². The van der Waals surface area contributed by atoms with E-state index >= 15 is 0 Å². The molecular formula is C15H17FN2. The maximum Gasteiger partial charge on any atom is 0.123 e. The number of halogens is 1. The van der Waals surface area contributed by atoms with Crippen molar-refractivity contribution in [1.29, 1.82) is 0 Å². The Hall–Kier alpha value is -1.74. The third kappa shape index (κ3) is 2.93. The van der Waals surface area contributed by atoms with E-state index in [0.29, 0.717) is 6.42 Å². The number of pyridine rings is 1. The molecule has 2 N–H and O–H groups in total.